The van der Waals surface area contributed by atoms with Crippen LogP contribution in [0, 0.1) is 0 Å². The summed E-state index contributed by atoms with van der Waals surface area (Å²) in [5.74, 6) is 0. The Kier molecular flexibility index (Phi) is 5.95. The molecule has 1 heterocycles. The molecule has 1 aromatic heterocycles. The van der Waals surface area contributed by atoms with Crippen molar-refractivity contribution < 1.29 is 0 Å². The summed E-state index contributed by atoms with van der Waals surface area (Å²) in [4.78, 5) is 2.46. The Labute approximate surface area is 300 Å². The second kappa shape index (κ2) is 10.5. The van der Waals surface area contributed by atoms with Crippen LogP contribution in [0.4, 0.5) is 17.1 Å². The number of nitrogens with zero attached hydrogens (tertiary/aromatic N) is 1. The van der Waals surface area contributed by atoms with E-state index in [9.17, 15) is 0 Å². The summed E-state index contributed by atoms with van der Waals surface area (Å²) in [6, 6.07) is 61.1. The molecule has 0 saturated carbocycles. The molecule has 0 aliphatic heterocycles. The third-order valence-corrected chi connectivity index (χ3v) is 12.6. The van der Waals surface area contributed by atoms with E-state index in [-0.39, 0.29) is 5.41 Å². The van der Waals surface area contributed by atoms with Gasteiger partial charge in [-0.15, -0.1) is 11.3 Å². The molecule has 1 aliphatic rings. The first-order chi connectivity index (χ1) is 25.0. The van der Waals surface area contributed by atoms with Crippen LogP contribution in [-0.2, 0) is 5.41 Å². The average Bonchev–Trinajstić information content (AvgIpc) is 3.67. The zero-order valence-corrected chi connectivity index (χ0v) is 29.3. The van der Waals surface area contributed by atoms with Crippen molar-refractivity contribution >= 4 is 91.7 Å². The molecule has 0 bridgehead atoms. The lowest BCUT2D eigenvalue weighted by molar-refractivity contribution is 0.661. The van der Waals surface area contributed by atoms with E-state index in [0.29, 0.717) is 0 Å². The number of benzene rings is 9. The molecule has 0 amide bonds. The molecule has 11 rings (SSSR count). The van der Waals surface area contributed by atoms with E-state index < -0.39 is 0 Å². The van der Waals surface area contributed by atoms with Crippen LogP contribution in [0.3, 0.4) is 0 Å². The smallest absolute Gasteiger partial charge is 0.0468 e. The summed E-state index contributed by atoms with van der Waals surface area (Å²) >= 11 is 1.93. The summed E-state index contributed by atoms with van der Waals surface area (Å²) < 4.78 is 2.73. The van der Waals surface area contributed by atoms with Crippen molar-refractivity contribution in [2.45, 2.75) is 19.3 Å². The molecular formula is C49H33NS. The van der Waals surface area contributed by atoms with Crippen molar-refractivity contribution in [1.29, 1.82) is 0 Å². The topological polar surface area (TPSA) is 3.24 Å². The fraction of sp³-hybridized carbons (Fsp3) is 0.0612. The normalized spacial score (nSPS) is 13.5. The molecule has 0 spiro atoms. The highest BCUT2D eigenvalue weighted by Crippen LogP contribution is 2.55. The van der Waals surface area contributed by atoms with Gasteiger partial charge in [0.15, 0.2) is 0 Å². The van der Waals surface area contributed by atoms with E-state index >= 15 is 0 Å². The average molecular weight is 668 g/mol. The highest BCUT2D eigenvalue weighted by atomic mass is 32.1. The fourth-order valence-electron chi connectivity index (χ4n) is 8.94. The Balaban J connectivity index is 1.19. The maximum atomic E-state index is 2.46. The van der Waals surface area contributed by atoms with Crippen LogP contribution in [0.2, 0.25) is 0 Å². The predicted molar refractivity (Wildman–Crippen MR) is 222 cm³/mol. The summed E-state index contributed by atoms with van der Waals surface area (Å²) in [6.45, 7) is 4.77. The third-order valence-electron chi connectivity index (χ3n) is 11.4. The van der Waals surface area contributed by atoms with Crippen LogP contribution in [0.15, 0.2) is 164 Å². The molecule has 2 heteroatoms. The van der Waals surface area contributed by atoms with E-state index in [2.05, 4.69) is 183 Å². The monoisotopic (exact) mass is 667 g/mol. The van der Waals surface area contributed by atoms with Gasteiger partial charge in [-0.3, -0.25) is 0 Å². The minimum absolute atomic E-state index is 0.0930. The van der Waals surface area contributed by atoms with Crippen molar-refractivity contribution in [2.75, 3.05) is 4.90 Å². The van der Waals surface area contributed by atoms with Crippen LogP contribution in [0.25, 0.3) is 74.4 Å². The summed E-state index contributed by atoms with van der Waals surface area (Å²) in [7, 11) is 0. The number of hydrogen-bond donors (Lipinski definition) is 0. The Hall–Kier alpha value is -5.96. The lowest BCUT2D eigenvalue weighted by Gasteiger charge is -2.28. The van der Waals surface area contributed by atoms with Gasteiger partial charge in [-0.1, -0.05) is 135 Å². The highest BCUT2D eigenvalue weighted by Gasteiger charge is 2.37. The van der Waals surface area contributed by atoms with Crippen LogP contribution in [0.5, 0.6) is 0 Å². The summed E-state index contributed by atoms with van der Waals surface area (Å²) in [5, 5.41) is 12.9. The van der Waals surface area contributed by atoms with Crippen LogP contribution >= 0.6 is 11.3 Å². The number of fused-ring (bicyclic) bond motifs is 14. The third kappa shape index (κ3) is 4.08. The van der Waals surface area contributed by atoms with E-state index in [1.54, 1.807) is 0 Å². The first kappa shape index (κ1) is 28.8. The van der Waals surface area contributed by atoms with Gasteiger partial charge < -0.3 is 4.90 Å². The number of hydrogen-bond acceptors (Lipinski definition) is 2. The molecule has 9 aromatic carbocycles. The Morgan fingerprint density at radius 2 is 0.941 bits per heavy atom. The molecule has 0 N–H and O–H groups in total. The zero-order valence-electron chi connectivity index (χ0n) is 28.4. The maximum Gasteiger partial charge on any atom is 0.0468 e. The van der Waals surface area contributed by atoms with Gasteiger partial charge >= 0.3 is 0 Å². The summed E-state index contributed by atoms with van der Waals surface area (Å²) in [6.07, 6.45) is 0. The second-order valence-corrected chi connectivity index (χ2v) is 15.6. The van der Waals surface area contributed by atoms with E-state index in [1.807, 2.05) is 11.3 Å². The van der Waals surface area contributed by atoms with Crippen molar-refractivity contribution in [1.82, 2.24) is 0 Å². The molecule has 51 heavy (non-hydrogen) atoms. The molecule has 0 atom stereocenters. The minimum Gasteiger partial charge on any atom is -0.310 e. The molecule has 0 radical (unpaired) electrons. The van der Waals surface area contributed by atoms with Crippen molar-refractivity contribution in [3.63, 3.8) is 0 Å². The van der Waals surface area contributed by atoms with Gasteiger partial charge in [0.25, 0.3) is 0 Å². The van der Waals surface area contributed by atoms with Crippen molar-refractivity contribution in [2.24, 2.45) is 0 Å². The van der Waals surface area contributed by atoms with Crippen molar-refractivity contribution in [3.8, 4) is 11.1 Å². The van der Waals surface area contributed by atoms with Crippen LogP contribution in [0.1, 0.15) is 25.0 Å². The quantitative estimate of drug-likeness (QED) is 0.170. The largest absolute Gasteiger partial charge is 0.310 e. The lowest BCUT2D eigenvalue weighted by atomic mass is 9.82. The molecule has 0 unspecified atom stereocenters. The molecule has 1 aliphatic carbocycles. The second-order valence-electron chi connectivity index (χ2n) is 14.5. The summed E-state index contributed by atoms with van der Waals surface area (Å²) in [5.41, 5.74) is 8.90. The lowest BCUT2D eigenvalue weighted by Crippen LogP contribution is -2.15. The van der Waals surface area contributed by atoms with E-state index in [4.69, 9.17) is 0 Å². The Morgan fingerprint density at radius 3 is 1.71 bits per heavy atom. The minimum atomic E-state index is -0.0930. The molecule has 0 fully saturated rings. The maximum absolute atomic E-state index is 2.46. The molecular weight excluding hydrogens is 635 g/mol. The molecule has 1 nitrogen and oxygen atoms in total. The first-order valence-corrected chi connectivity index (χ1v) is 18.6. The van der Waals surface area contributed by atoms with Gasteiger partial charge in [-0.25, -0.2) is 0 Å². The van der Waals surface area contributed by atoms with E-state index in [1.165, 1.54) is 85.5 Å². The zero-order chi connectivity index (χ0) is 33.8. The van der Waals surface area contributed by atoms with Gasteiger partial charge in [0, 0.05) is 48.2 Å². The Bertz CT molecular complexity index is 3040. The van der Waals surface area contributed by atoms with Gasteiger partial charge in [0.05, 0.1) is 0 Å². The standard InChI is InChI=1S/C49H33NS/c1-49(2)44-25-22-34(29-43(44)47-45(49)26-24-41-40-17-9-10-18-46(40)51-48(41)47)50(32-20-19-30-11-3-4-12-31(30)27-32)33-21-23-39-37-15-6-5-13-35(37)36-14-7-8-16-38(36)42(39)28-33/h3-29H,1-2H3. The van der Waals surface area contributed by atoms with Crippen LogP contribution in [-0.4, -0.2) is 0 Å². The number of thiophene rings is 1. The molecule has 240 valence electrons. The van der Waals surface area contributed by atoms with Gasteiger partial charge in [-0.2, -0.15) is 0 Å². The Morgan fingerprint density at radius 1 is 0.412 bits per heavy atom. The van der Waals surface area contributed by atoms with Gasteiger partial charge in [0.1, 0.15) is 0 Å². The fourth-order valence-corrected chi connectivity index (χ4v) is 10.2. The SMILES string of the molecule is CC1(C)c2ccc(N(c3ccc4ccccc4c3)c3ccc4c5ccccc5c5ccccc5c4c3)cc2-c2c1ccc1c2sc2ccccc21. The van der Waals surface area contributed by atoms with Gasteiger partial charge in [0.2, 0.25) is 0 Å². The molecule has 0 saturated heterocycles. The van der Waals surface area contributed by atoms with Gasteiger partial charge in [-0.05, 0) is 102 Å². The predicted octanol–water partition coefficient (Wildman–Crippen LogP) is 14.4. The first-order valence-electron chi connectivity index (χ1n) is 17.8. The van der Waals surface area contributed by atoms with Crippen molar-refractivity contribution in [3.05, 3.63) is 175 Å². The number of anilines is 3. The van der Waals surface area contributed by atoms with E-state index in [0.717, 1.165) is 17.1 Å². The molecule has 10 aromatic rings. The highest BCUT2D eigenvalue weighted by molar-refractivity contribution is 7.26. The van der Waals surface area contributed by atoms with Crippen LogP contribution < -0.4 is 4.90 Å². The number of rotatable bonds is 3.